The number of nitrogens with one attached hydrogen (secondary N) is 1. The van der Waals surface area contributed by atoms with Gasteiger partial charge >= 0.3 is 0 Å². The molecule has 3 rings (SSSR count). The lowest BCUT2D eigenvalue weighted by molar-refractivity contribution is -0.118. The van der Waals surface area contributed by atoms with Crippen LogP contribution >= 0.6 is 11.3 Å². The Hall–Kier alpha value is -2.47. The van der Waals surface area contributed by atoms with Crippen LogP contribution in [0.2, 0.25) is 0 Å². The zero-order chi connectivity index (χ0) is 15.7. The van der Waals surface area contributed by atoms with Crippen LogP contribution < -0.4 is 11.1 Å². The van der Waals surface area contributed by atoms with Gasteiger partial charge in [0.25, 0.3) is 11.8 Å². The van der Waals surface area contributed by atoms with Crippen LogP contribution in [0.3, 0.4) is 0 Å². The molecule has 0 saturated carbocycles. The summed E-state index contributed by atoms with van der Waals surface area (Å²) in [6, 6.07) is 8.73. The van der Waals surface area contributed by atoms with Crippen molar-refractivity contribution in [3.05, 3.63) is 51.9 Å². The van der Waals surface area contributed by atoms with Crippen molar-refractivity contribution in [3.8, 4) is 0 Å². The maximum Gasteiger partial charge on any atom is 0.256 e. The number of fused-ring (bicyclic) bond motifs is 1. The quantitative estimate of drug-likeness (QED) is 0.909. The molecule has 0 unspecified atom stereocenters. The number of benzene rings is 1. The molecular formula is C16H14N2O3S. The molecular weight excluding hydrogens is 300 g/mol. The van der Waals surface area contributed by atoms with Crippen LogP contribution in [0.5, 0.6) is 0 Å². The van der Waals surface area contributed by atoms with Crippen molar-refractivity contribution in [2.75, 3.05) is 5.32 Å². The standard InChI is InChI=1S/C16H14N2O3S/c17-14(20)13-11-7-6-10(19)8-12(11)22-16(13)18-15(21)9-4-2-1-3-5-9/h1-5H,6-8H2,(H2,17,20)(H,18,21). The molecule has 2 amide bonds. The number of thiophene rings is 1. The molecule has 2 aromatic rings. The Balaban J connectivity index is 1.95. The molecule has 0 bridgehead atoms. The van der Waals surface area contributed by atoms with Crippen LogP contribution in [-0.2, 0) is 17.6 Å². The summed E-state index contributed by atoms with van der Waals surface area (Å²) in [5.74, 6) is -0.728. The Morgan fingerprint density at radius 2 is 1.86 bits per heavy atom. The predicted octanol–water partition coefficient (Wildman–Crippen LogP) is 2.16. The number of rotatable bonds is 3. The maximum atomic E-state index is 12.2. The van der Waals surface area contributed by atoms with E-state index in [-0.39, 0.29) is 11.7 Å². The Bertz CT molecular complexity index is 765. The number of hydrogen-bond acceptors (Lipinski definition) is 4. The van der Waals surface area contributed by atoms with E-state index in [1.54, 1.807) is 24.3 Å². The van der Waals surface area contributed by atoms with E-state index >= 15 is 0 Å². The van der Waals surface area contributed by atoms with Gasteiger partial charge in [0.05, 0.1) is 5.56 Å². The fraction of sp³-hybridized carbons (Fsp3) is 0.188. The molecule has 1 aromatic heterocycles. The Morgan fingerprint density at radius 1 is 1.14 bits per heavy atom. The third-order valence-electron chi connectivity index (χ3n) is 3.61. The van der Waals surface area contributed by atoms with Gasteiger partial charge in [0, 0.05) is 23.3 Å². The minimum atomic E-state index is -0.574. The van der Waals surface area contributed by atoms with Gasteiger partial charge in [-0.25, -0.2) is 0 Å². The summed E-state index contributed by atoms with van der Waals surface area (Å²) < 4.78 is 0. The van der Waals surface area contributed by atoms with E-state index in [0.29, 0.717) is 35.4 Å². The number of amides is 2. The second-order valence-electron chi connectivity index (χ2n) is 5.11. The number of hydrogen-bond donors (Lipinski definition) is 2. The molecule has 6 heteroatoms. The van der Waals surface area contributed by atoms with Crippen molar-refractivity contribution in [3.63, 3.8) is 0 Å². The van der Waals surface area contributed by atoms with Crippen molar-refractivity contribution in [2.24, 2.45) is 5.73 Å². The molecule has 0 spiro atoms. The summed E-state index contributed by atoms with van der Waals surface area (Å²) in [5, 5.41) is 3.18. The van der Waals surface area contributed by atoms with Crippen LogP contribution in [0.15, 0.2) is 30.3 Å². The number of carbonyl (C=O) groups is 3. The van der Waals surface area contributed by atoms with Gasteiger partial charge in [0.1, 0.15) is 10.8 Å². The number of anilines is 1. The van der Waals surface area contributed by atoms with E-state index in [9.17, 15) is 14.4 Å². The number of ketones is 1. The van der Waals surface area contributed by atoms with Gasteiger partial charge in [-0.05, 0) is 24.1 Å². The molecule has 0 atom stereocenters. The third kappa shape index (κ3) is 2.65. The Labute approximate surface area is 131 Å². The summed E-state index contributed by atoms with van der Waals surface area (Å²) >= 11 is 1.26. The number of Topliss-reactive ketones (excluding diaryl/α,β-unsaturated/α-hetero) is 1. The van der Waals surface area contributed by atoms with E-state index in [4.69, 9.17) is 5.73 Å². The number of primary amides is 1. The summed E-state index contributed by atoms with van der Waals surface area (Å²) in [4.78, 5) is 36.4. The fourth-order valence-corrected chi connectivity index (χ4v) is 3.84. The largest absolute Gasteiger partial charge is 0.365 e. The summed E-state index contributed by atoms with van der Waals surface area (Å²) in [5.41, 5.74) is 7.11. The molecule has 1 aliphatic carbocycles. The van der Waals surface area contributed by atoms with Crippen LogP contribution in [0.4, 0.5) is 5.00 Å². The highest BCUT2D eigenvalue weighted by molar-refractivity contribution is 7.17. The van der Waals surface area contributed by atoms with Crippen molar-refractivity contribution < 1.29 is 14.4 Å². The smallest absolute Gasteiger partial charge is 0.256 e. The molecule has 1 heterocycles. The van der Waals surface area contributed by atoms with Gasteiger partial charge < -0.3 is 11.1 Å². The molecule has 112 valence electrons. The van der Waals surface area contributed by atoms with Gasteiger partial charge in [-0.15, -0.1) is 11.3 Å². The highest BCUT2D eigenvalue weighted by atomic mass is 32.1. The van der Waals surface area contributed by atoms with Gasteiger partial charge in [0.2, 0.25) is 0 Å². The van der Waals surface area contributed by atoms with Crippen molar-refractivity contribution >= 4 is 33.9 Å². The first kappa shape index (κ1) is 14.5. The predicted molar refractivity (Wildman–Crippen MR) is 84.3 cm³/mol. The molecule has 0 saturated heterocycles. The molecule has 1 aliphatic rings. The van der Waals surface area contributed by atoms with Crippen LogP contribution in [0.25, 0.3) is 0 Å². The maximum absolute atomic E-state index is 12.2. The molecule has 0 radical (unpaired) electrons. The lowest BCUT2D eigenvalue weighted by Gasteiger charge is -2.10. The van der Waals surface area contributed by atoms with Gasteiger partial charge in [-0.1, -0.05) is 18.2 Å². The number of nitrogens with two attached hydrogens (primary N) is 1. The highest BCUT2D eigenvalue weighted by Crippen LogP contribution is 2.37. The molecule has 5 nitrogen and oxygen atoms in total. The number of carbonyl (C=O) groups excluding carboxylic acids is 3. The zero-order valence-electron chi connectivity index (χ0n) is 11.7. The third-order valence-corrected chi connectivity index (χ3v) is 4.76. The van der Waals surface area contributed by atoms with E-state index < -0.39 is 5.91 Å². The summed E-state index contributed by atoms with van der Waals surface area (Å²) in [7, 11) is 0. The first-order chi connectivity index (χ1) is 10.6. The van der Waals surface area contributed by atoms with Crippen molar-refractivity contribution in [2.45, 2.75) is 19.3 Å². The monoisotopic (exact) mass is 314 g/mol. The Kier molecular flexibility index (Phi) is 3.77. The first-order valence-electron chi connectivity index (χ1n) is 6.88. The topological polar surface area (TPSA) is 89.3 Å². The zero-order valence-corrected chi connectivity index (χ0v) is 12.5. The summed E-state index contributed by atoms with van der Waals surface area (Å²) in [6.07, 6.45) is 1.22. The van der Waals surface area contributed by atoms with Crippen LogP contribution in [-0.4, -0.2) is 17.6 Å². The second-order valence-corrected chi connectivity index (χ2v) is 6.21. The lowest BCUT2D eigenvalue weighted by atomic mass is 9.94. The first-order valence-corrected chi connectivity index (χ1v) is 7.70. The van der Waals surface area contributed by atoms with Gasteiger partial charge in [-0.3, -0.25) is 14.4 Å². The van der Waals surface area contributed by atoms with E-state index in [1.807, 2.05) is 6.07 Å². The van der Waals surface area contributed by atoms with E-state index in [1.165, 1.54) is 11.3 Å². The Morgan fingerprint density at radius 3 is 2.55 bits per heavy atom. The highest BCUT2D eigenvalue weighted by Gasteiger charge is 2.27. The molecule has 1 aromatic carbocycles. The SMILES string of the molecule is NC(=O)c1c(NC(=O)c2ccccc2)sc2c1CCC(=O)C2. The normalized spacial score (nSPS) is 13.5. The average Bonchev–Trinajstić information content (AvgIpc) is 2.85. The van der Waals surface area contributed by atoms with Gasteiger partial charge in [-0.2, -0.15) is 0 Å². The van der Waals surface area contributed by atoms with Crippen LogP contribution in [0, 0.1) is 0 Å². The molecule has 22 heavy (non-hydrogen) atoms. The summed E-state index contributed by atoms with van der Waals surface area (Å²) in [6.45, 7) is 0. The van der Waals surface area contributed by atoms with E-state index in [0.717, 1.165) is 10.4 Å². The van der Waals surface area contributed by atoms with Gasteiger partial charge in [0.15, 0.2) is 0 Å². The molecule has 0 fully saturated rings. The molecule has 3 N–H and O–H groups in total. The lowest BCUT2D eigenvalue weighted by Crippen LogP contribution is -2.19. The fourth-order valence-electron chi connectivity index (χ4n) is 2.56. The van der Waals surface area contributed by atoms with Crippen molar-refractivity contribution in [1.29, 1.82) is 0 Å². The average molecular weight is 314 g/mol. The second kappa shape index (κ2) is 5.73. The van der Waals surface area contributed by atoms with Crippen LogP contribution in [0.1, 0.15) is 37.6 Å². The minimum Gasteiger partial charge on any atom is -0.365 e. The van der Waals surface area contributed by atoms with E-state index in [2.05, 4.69) is 5.32 Å². The van der Waals surface area contributed by atoms with Crippen molar-refractivity contribution in [1.82, 2.24) is 0 Å². The molecule has 0 aliphatic heterocycles. The minimum absolute atomic E-state index is 0.144.